The molecule has 0 bridgehead atoms. The monoisotopic (exact) mass is 385 g/mol. The van der Waals surface area contributed by atoms with Gasteiger partial charge in [-0.2, -0.15) is 0 Å². The summed E-state index contributed by atoms with van der Waals surface area (Å²) in [5.41, 5.74) is 3.67. The molecule has 5 nitrogen and oxygen atoms in total. The van der Waals surface area contributed by atoms with E-state index in [1.807, 2.05) is 18.5 Å². The van der Waals surface area contributed by atoms with E-state index in [-0.39, 0.29) is 17.0 Å². The van der Waals surface area contributed by atoms with Crippen molar-refractivity contribution in [1.82, 2.24) is 15.0 Å². The predicted molar refractivity (Wildman–Crippen MR) is 117 cm³/mol. The Morgan fingerprint density at radius 3 is 2.24 bits per heavy atom. The van der Waals surface area contributed by atoms with Crippen molar-refractivity contribution < 1.29 is 0 Å². The second-order valence-corrected chi connectivity index (χ2v) is 8.50. The van der Waals surface area contributed by atoms with Gasteiger partial charge >= 0.3 is 0 Å². The molecule has 0 saturated heterocycles. The van der Waals surface area contributed by atoms with Crippen molar-refractivity contribution in [1.29, 1.82) is 0 Å². The minimum atomic E-state index is -0.0334. The van der Waals surface area contributed by atoms with Crippen LogP contribution in [0.2, 0.25) is 0 Å². The number of benzene rings is 1. The third-order valence-corrected chi connectivity index (χ3v) is 7.56. The van der Waals surface area contributed by atoms with Crippen LogP contribution >= 0.6 is 0 Å². The molecule has 0 fully saturated rings. The van der Waals surface area contributed by atoms with Crippen LogP contribution in [0.25, 0.3) is 0 Å². The minimum absolute atomic E-state index is 0.0159. The standard InChI is InChI=1S/C24H27N5/c1-5-23(3)18-11-7-8-12-19(18)29-21-20(26-14-15-27-21)28(17-10-9-13-25-16-17)22(29)24(23,4)6-2/h7-16,22H,5-6H2,1-4H3. The van der Waals surface area contributed by atoms with Gasteiger partial charge in [0.05, 0.1) is 11.9 Å². The summed E-state index contributed by atoms with van der Waals surface area (Å²) in [4.78, 5) is 18.7. The number of aromatic nitrogens is 3. The third kappa shape index (κ3) is 2.18. The van der Waals surface area contributed by atoms with E-state index in [4.69, 9.17) is 9.97 Å². The summed E-state index contributed by atoms with van der Waals surface area (Å²) in [6, 6.07) is 12.9. The summed E-state index contributed by atoms with van der Waals surface area (Å²) in [7, 11) is 0. The van der Waals surface area contributed by atoms with Gasteiger partial charge in [-0.25, -0.2) is 9.97 Å². The molecule has 0 saturated carbocycles. The van der Waals surface area contributed by atoms with Crippen LogP contribution in [0, 0.1) is 5.41 Å². The first-order valence-corrected chi connectivity index (χ1v) is 10.5. The van der Waals surface area contributed by atoms with Crippen LogP contribution in [0.4, 0.5) is 23.0 Å². The van der Waals surface area contributed by atoms with Gasteiger partial charge in [-0.1, -0.05) is 45.9 Å². The average molecular weight is 386 g/mol. The van der Waals surface area contributed by atoms with Gasteiger partial charge in [0, 0.05) is 35.1 Å². The topological polar surface area (TPSA) is 45.2 Å². The smallest absolute Gasteiger partial charge is 0.178 e. The molecule has 5 rings (SSSR count). The van der Waals surface area contributed by atoms with Gasteiger partial charge in [0.2, 0.25) is 0 Å². The molecule has 0 radical (unpaired) electrons. The van der Waals surface area contributed by atoms with Crippen LogP contribution in [0.15, 0.2) is 61.2 Å². The van der Waals surface area contributed by atoms with Gasteiger partial charge in [0.1, 0.15) is 6.17 Å². The van der Waals surface area contributed by atoms with Gasteiger partial charge in [-0.15, -0.1) is 0 Å². The lowest BCUT2D eigenvalue weighted by atomic mass is 9.55. The molecular formula is C24H27N5. The molecule has 148 valence electrons. The van der Waals surface area contributed by atoms with Crippen LogP contribution in [0.5, 0.6) is 0 Å². The zero-order chi connectivity index (χ0) is 20.2. The lowest BCUT2D eigenvalue weighted by molar-refractivity contribution is 0.0963. The quantitative estimate of drug-likeness (QED) is 0.588. The van der Waals surface area contributed by atoms with E-state index in [9.17, 15) is 0 Å². The van der Waals surface area contributed by atoms with Gasteiger partial charge in [0.15, 0.2) is 11.6 Å². The molecule has 0 amide bonds. The van der Waals surface area contributed by atoms with E-state index in [1.165, 1.54) is 11.3 Å². The first-order valence-electron chi connectivity index (χ1n) is 10.5. The van der Waals surface area contributed by atoms with Crippen LogP contribution in [0.1, 0.15) is 46.1 Å². The predicted octanol–water partition coefficient (Wildman–Crippen LogP) is 5.59. The SMILES string of the molecule is CCC1(C)c2ccccc2N2c3nccnc3N(c3cccnc3)C2C1(C)CC. The van der Waals surface area contributed by atoms with Gasteiger partial charge in [-0.05, 0) is 36.6 Å². The molecule has 0 aliphatic carbocycles. The molecule has 0 spiro atoms. The Kier molecular flexibility index (Phi) is 3.92. The fourth-order valence-corrected chi connectivity index (χ4v) is 5.50. The molecule has 3 aromatic rings. The molecule has 2 aliphatic rings. The van der Waals surface area contributed by atoms with Crippen LogP contribution in [0.3, 0.4) is 0 Å². The maximum Gasteiger partial charge on any atom is 0.178 e. The number of fused-ring (bicyclic) bond motifs is 5. The Morgan fingerprint density at radius 2 is 1.59 bits per heavy atom. The highest BCUT2D eigenvalue weighted by Gasteiger charge is 2.61. The number of rotatable bonds is 3. The molecule has 2 aliphatic heterocycles. The fourth-order valence-electron chi connectivity index (χ4n) is 5.50. The summed E-state index contributed by atoms with van der Waals surface area (Å²) in [6.45, 7) is 9.48. The van der Waals surface area contributed by atoms with Crippen molar-refractivity contribution in [3.63, 3.8) is 0 Å². The van der Waals surface area contributed by atoms with Crippen molar-refractivity contribution in [2.75, 3.05) is 9.80 Å². The Balaban J connectivity index is 1.86. The molecule has 29 heavy (non-hydrogen) atoms. The number of nitrogens with zero attached hydrogens (tertiary/aromatic N) is 5. The zero-order valence-corrected chi connectivity index (χ0v) is 17.5. The van der Waals surface area contributed by atoms with Crippen LogP contribution < -0.4 is 9.80 Å². The van der Waals surface area contributed by atoms with Crippen molar-refractivity contribution in [3.8, 4) is 0 Å². The highest BCUT2D eigenvalue weighted by Crippen LogP contribution is 2.63. The Hall–Kier alpha value is -2.95. The zero-order valence-electron chi connectivity index (χ0n) is 17.5. The van der Waals surface area contributed by atoms with Crippen LogP contribution in [-0.4, -0.2) is 21.1 Å². The van der Waals surface area contributed by atoms with Crippen molar-refractivity contribution in [2.24, 2.45) is 5.41 Å². The van der Waals surface area contributed by atoms with Crippen molar-refractivity contribution in [3.05, 3.63) is 66.7 Å². The average Bonchev–Trinajstić information content (AvgIpc) is 3.14. The van der Waals surface area contributed by atoms with E-state index in [0.717, 1.165) is 30.2 Å². The molecule has 5 heteroatoms. The van der Waals surface area contributed by atoms with E-state index in [2.05, 4.69) is 72.8 Å². The van der Waals surface area contributed by atoms with E-state index >= 15 is 0 Å². The number of hydrogen-bond acceptors (Lipinski definition) is 5. The molecule has 3 atom stereocenters. The second kappa shape index (κ2) is 6.28. The molecule has 3 unspecified atom stereocenters. The highest BCUT2D eigenvalue weighted by molar-refractivity contribution is 5.86. The number of pyridine rings is 1. The first-order chi connectivity index (χ1) is 14.1. The van der Waals surface area contributed by atoms with E-state index in [0.29, 0.717) is 0 Å². The summed E-state index contributed by atoms with van der Waals surface area (Å²) < 4.78 is 0. The summed E-state index contributed by atoms with van der Waals surface area (Å²) in [6.07, 6.45) is 9.52. The van der Waals surface area contributed by atoms with Gasteiger partial charge < -0.3 is 4.90 Å². The summed E-state index contributed by atoms with van der Waals surface area (Å²) in [5.74, 6) is 1.83. The normalized spacial score (nSPS) is 27.4. The molecule has 4 heterocycles. The number of anilines is 4. The lowest BCUT2D eigenvalue weighted by Gasteiger charge is -2.58. The van der Waals surface area contributed by atoms with Gasteiger partial charge in [0.25, 0.3) is 0 Å². The van der Waals surface area contributed by atoms with E-state index in [1.54, 1.807) is 12.4 Å². The fraction of sp³-hybridized carbons (Fsp3) is 0.375. The molecular weight excluding hydrogens is 358 g/mol. The lowest BCUT2D eigenvalue weighted by Crippen LogP contribution is -2.62. The van der Waals surface area contributed by atoms with Crippen LogP contribution in [-0.2, 0) is 5.41 Å². The molecule has 0 N–H and O–H groups in total. The minimum Gasteiger partial charge on any atom is -0.301 e. The maximum absolute atomic E-state index is 4.79. The number of hydrogen-bond donors (Lipinski definition) is 0. The van der Waals surface area contributed by atoms with Crippen molar-refractivity contribution in [2.45, 2.75) is 52.1 Å². The number of para-hydroxylation sites is 1. The maximum atomic E-state index is 4.79. The molecule has 1 aromatic carbocycles. The Bertz CT molecular complexity index is 1050. The summed E-state index contributed by atoms with van der Waals surface area (Å²) in [5, 5.41) is 0. The Morgan fingerprint density at radius 1 is 0.862 bits per heavy atom. The Labute approximate surface area is 172 Å². The van der Waals surface area contributed by atoms with Gasteiger partial charge in [-0.3, -0.25) is 9.88 Å². The van der Waals surface area contributed by atoms with Crippen molar-refractivity contribution >= 4 is 23.0 Å². The third-order valence-electron chi connectivity index (χ3n) is 7.56. The second-order valence-electron chi connectivity index (χ2n) is 8.50. The highest BCUT2D eigenvalue weighted by atomic mass is 15.5. The largest absolute Gasteiger partial charge is 0.301 e. The summed E-state index contributed by atoms with van der Waals surface area (Å²) >= 11 is 0. The first kappa shape index (κ1) is 18.1. The molecule has 2 aromatic heterocycles. The van der Waals surface area contributed by atoms with E-state index < -0.39 is 0 Å².